The molecule has 19 heavy (non-hydrogen) atoms. The van der Waals surface area contributed by atoms with Gasteiger partial charge in [-0.2, -0.15) is 0 Å². The van der Waals surface area contributed by atoms with E-state index in [1.165, 1.54) is 19.3 Å². The summed E-state index contributed by atoms with van der Waals surface area (Å²) >= 11 is 0. The van der Waals surface area contributed by atoms with Crippen LogP contribution in [0, 0.1) is 12.8 Å². The number of tetrazole rings is 1. The van der Waals surface area contributed by atoms with E-state index in [2.05, 4.69) is 22.4 Å². The van der Waals surface area contributed by atoms with Crippen molar-refractivity contribution in [2.45, 2.75) is 39.2 Å². The Labute approximate surface area is 112 Å². The van der Waals surface area contributed by atoms with Crippen molar-refractivity contribution in [2.24, 2.45) is 5.92 Å². The van der Waals surface area contributed by atoms with Gasteiger partial charge in [-0.05, 0) is 59.9 Å². The summed E-state index contributed by atoms with van der Waals surface area (Å²) in [6.45, 7) is 4.27. The molecule has 0 radical (unpaired) electrons. The minimum Gasteiger partial charge on any atom is -0.399 e. The van der Waals surface area contributed by atoms with Crippen LogP contribution in [0.4, 0.5) is 5.69 Å². The van der Waals surface area contributed by atoms with Crippen molar-refractivity contribution in [3.63, 3.8) is 0 Å². The van der Waals surface area contributed by atoms with E-state index >= 15 is 0 Å². The minimum atomic E-state index is 0.474. The van der Waals surface area contributed by atoms with Crippen molar-refractivity contribution in [2.75, 3.05) is 5.73 Å². The van der Waals surface area contributed by atoms with Crippen LogP contribution in [0.3, 0.4) is 0 Å². The topological polar surface area (TPSA) is 69.6 Å². The van der Waals surface area contributed by atoms with Crippen LogP contribution < -0.4 is 5.73 Å². The molecular weight excluding hydrogens is 238 g/mol. The maximum absolute atomic E-state index is 5.79. The summed E-state index contributed by atoms with van der Waals surface area (Å²) < 4.78 is 1.98. The number of aryl methyl sites for hydroxylation is 1. The Morgan fingerprint density at radius 1 is 1.42 bits per heavy atom. The van der Waals surface area contributed by atoms with Gasteiger partial charge in [-0.25, -0.2) is 4.68 Å². The zero-order valence-corrected chi connectivity index (χ0v) is 11.4. The fraction of sp³-hybridized carbons (Fsp3) is 0.500. The highest BCUT2D eigenvalue weighted by molar-refractivity contribution is 5.63. The lowest BCUT2D eigenvalue weighted by atomic mass is 10.1. The molecule has 1 aromatic heterocycles. The maximum Gasteiger partial charge on any atom is 0.182 e. The molecule has 1 fully saturated rings. The standard InChI is InChI=1S/C14H19N5/c1-3-4-10-8-13(10)19-14(16-17-18-19)12-6-5-11(15)7-9(12)2/h5-7,10,13H,3-4,8,15H2,1-2H3. The predicted molar refractivity (Wildman–Crippen MR) is 74.5 cm³/mol. The van der Waals surface area contributed by atoms with Gasteiger partial charge in [0.15, 0.2) is 5.82 Å². The van der Waals surface area contributed by atoms with Crippen LogP contribution in [0.2, 0.25) is 0 Å². The monoisotopic (exact) mass is 257 g/mol. The van der Waals surface area contributed by atoms with E-state index in [9.17, 15) is 0 Å². The molecular formula is C14H19N5. The molecule has 0 amide bonds. The lowest BCUT2D eigenvalue weighted by Gasteiger charge is -2.07. The molecule has 1 saturated carbocycles. The summed E-state index contributed by atoms with van der Waals surface area (Å²) in [5.41, 5.74) is 8.75. The van der Waals surface area contributed by atoms with Crippen molar-refractivity contribution in [3.05, 3.63) is 23.8 Å². The van der Waals surface area contributed by atoms with Gasteiger partial charge >= 0.3 is 0 Å². The Kier molecular flexibility index (Phi) is 2.97. The summed E-state index contributed by atoms with van der Waals surface area (Å²) in [6, 6.07) is 6.34. The average molecular weight is 257 g/mol. The summed E-state index contributed by atoms with van der Waals surface area (Å²) in [5, 5.41) is 12.2. The zero-order valence-electron chi connectivity index (χ0n) is 11.4. The average Bonchev–Trinajstić information content (AvgIpc) is 2.97. The number of aromatic nitrogens is 4. The third-order valence-electron chi connectivity index (χ3n) is 3.84. The van der Waals surface area contributed by atoms with Crippen molar-refractivity contribution < 1.29 is 0 Å². The molecule has 2 aromatic rings. The first-order valence-electron chi connectivity index (χ1n) is 6.85. The molecule has 1 heterocycles. The van der Waals surface area contributed by atoms with Gasteiger partial charge in [-0.3, -0.25) is 0 Å². The van der Waals surface area contributed by atoms with Crippen LogP contribution in [0.1, 0.15) is 37.8 Å². The molecule has 2 unspecified atom stereocenters. The highest BCUT2D eigenvalue weighted by Gasteiger charge is 2.40. The van der Waals surface area contributed by atoms with Gasteiger partial charge in [0.1, 0.15) is 0 Å². The van der Waals surface area contributed by atoms with Crippen molar-refractivity contribution in [1.82, 2.24) is 20.2 Å². The molecule has 1 aliphatic carbocycles. The smallest absolute Gasteiger partial charge is 0.182 e. The van der Waals surface area contributed by atoms with Crippen LogP contribution >= 0.6 is 0 Å². The highest BCUT2D eigenvalue weighted by atomic mass is 15.6. The molecule has 2 atom stereocenters. The Balaban J connectivity index is 1.92. The number of rotatable bonds is 4. The number of nitrogens with zero attached hydrogens (tertiary/aromatic N) is 4. The summed E-state index contributed by atoms with van der Waals surface area (Å²) in [4.78, 5) is 0. The lowest BCUT2D eigenvalue weighted by Crippen LogP contribution is -2.03. The van der Waals surface area contributed by atoms with E-state index in [-0.39, 0.29) is 0 Å². The quantitative estimate of drug-likeness (QED) is 0.855. The SMILES string of the molecule is CCCC1CC1n1nnnc1-c1ccc(N)cc1C. The van der Waals surface area contributed by atoms with Crippen molar-refractivity contribution >= 4 is 5.69 Å². The second-order valence-electron chi connectivity index (χ2n) is 5.37. The molecule has 0 spiro atoms. The Bertz CT molecular complexity index is 589. The highest BCUT2D eigenvalue weighted by Crippen LogP contribution is 2.47. The van der Waals surface area contributed by atoms with Crippen molar-refractivity contribution in [1.29, 1.82) is 0 Å². The van der Waals surface area contributed by atoms with E-state index in [1.54, 1.807) is 0 Å². The molecule has 1 aromatic carbocycles. The summed E-state index contributed by atoms with van der Waals surface area (Å²) in [6.07, 6.45) is 3.67. The fourth-order valence-corrected chi connectivity index (χ4v) is 2.74. The van der Waals surface area contributed by atoms with Crippen LogP contribution in [0.15, 0.2) is 18.2 Å². The molecule has 0 aliphatic heterocycles. The number of hydrogen-bond acceptors (Lipinski definition) is 4. The first-order valence-corrected chi connectivity index (χ1v) is 6.85. The largest absolute Gasteiger partial charge is 0.399 e. The van der Waals surface area contributed by atoms with E-state index in [0.29, 0.717) is 6.04 Å². The van der Waals surface area contributed by atoms with E-state index in [0.717, 1.165) is 28.6 Å². The molecule has 100 valence electrons. The van der Waals surface area contributed by atoms with Gasteiger partial charge < -0.3 is 5.73 Å². The van der Waals surface area contributed by atoms with Gasteiger partial charge in [0.25, 0.3) is 0 Å². The molecule has 5 heteroatoms. The molecule has 2 N–H and O–H groups in total. The van der Waals surface area contributed by atoms with Crippen LogP contribution in [0.25, 0.3) is 11.4 Å². The molecule has 1 aliphatic rings. The summed E-state index contributed by atoms with van der Waals surface area (Å²) in [5.74, 6) is 1.60. The lowest BCUT2D eigenvalue weighted by molar-refractivity contribution is 0.548. The van der Waals surface area contributed by atoms with Crippen LogP contribution in [-0.2, 0) is 0 Å². The second kappa shape index (κ2) is 4.64. The third-order valence-corrected chi connectivity index (χ3v) is 3.84. The number of anilines is 1. The molecule has 0 bridgehead atoms. The minimum absolute atomic E-state index is 0.474. The van der Waals surface area contributed by atoms with Gasteiger partial charge in [0.05, 0.1) is 6.04 Å². The first-order chi connectivity index (χ1) is 9.20. The number of hydrogen-bond donors (Lipinski definition) is 1. The van der Waals surface area contributed by atoms with Crippen molar-refractivity contribution in [3.8, 4) is 11.4 Å². The molecule has 5 nitrogen and oxygen atoms in total. The second-order valence-corrected chi connectivity index (χ2v) is 5.37. The van der Waals surface area contributed by atoms with Gasteiger partial charge in [0, 0.05) is 11.3 Å². The van der Waals surface area contributed by atoms with Crippen LogP contribution in [0.5, 0.6) is 0 Å². The van der Waals surface area contributed by atoms with Gasteiger partial charge in [-0.1, -0.05) is 13.3 Å². The normalized spacial score (nSPS) is 21.6. The number of nitrogens with two attached hydrogens (primary N) is 1. The van der Waals surface area contributed by atoms with E-state index in [1.807, 2.05) is 29.8 Å². The first kappa shape index (κ1) is 12.1. The third kappa shape index (κ3) is 2.20. The summed E-state index contributed by atoms with van der Waals surface area (Å²) in [7, 11) is 0. The molecule has 3 rings (SSSR count). The fourth-order valence-electron chi connectivity index (χ4n) is 2.74. The van der Waals surface area contributed by atoms with E-state index in [4.69, 9.17) is 5.73 Å². The molecule has 0 saturated heterocycles. The van der Waals surface area contributed by atoms with Crippen LogP contribution in [-0.4, -0.2) is 20.2 Å². The number of benzene rings is 1. The zero-order chi connectivity index (χ0) is 13.4. The van der Waals surface area contributed by atoms with E-state index < -0.39 is 0 Å². The van der Waals surface area contributed by atoms with Gasteiger partial charge in [-0.15, -0.1) is 5.10 Å². The Hall–Kier alpha value is -1.91. The maximum atomic E-state index is 5.79. The Morgan fingerprint density at radius 2 is 2.26 bits per heavy atom. The Morgan fingerprint density at radius 3 is 3.00 bits per heavy atom. The number of nitrogen functional groups attached to an aromatic ring is 1. The van der Waals surface area contributed by atoms with Gasteiger partial charge in [0.2, 0.25) is 0 Å². The predicted octanol–water partition coefficient (Wildman–Crippen LogP) is 2.59.